The number of ether oxygens (including phenoxy) is 2. The van der Waals surface area contributed by atoms with Gasteiger partial charge in [0.15, 0.2) is 0 Å². The molecule has 1 N–H and O–H groups in total. The van der Waals surface area contributed by atoms with Gasteiger partial charge in [-0.2, -0.15) is 0 Å². The van der Waals surface area contributed by atoms with Crippen molar-refractivity contribution in [2.75, 3.05) is 53.6 Å². The molecule has 0 bridgehead atoms. The zero-order valence-corrected chi connectivity index (χ0v) is 13.8. The van der Waals surface area contributed by atoms with Gasteiger partial charge < -0.3 is 19.7 Å². The van der Waals surface area contributed by atoms with Gasteiger partial charge in [-0.05, 0) is 13.5 Å². The lowest BCUT2D eigenvalue weighted by atomic mass is 9.90. The number of carbonyl (C=O) groups is 2. The fourth-order valence-electron chi connectivity index (χ4n) is 3.05. The first kappa shape index (κ1) is 17.2. The van der Waals surface area contributed by atoms with E-state index in [-0.39, 0.29) is 23.5 Å². The third-order valence-electron chi connectivity index (χ3n) is 4.30. The van der Waals surface area contributed by atoms with Gasteiger partial charge in [-0.15, -0.1) is 0 Å². The molecule has 0 unspecified atom stereocenters. The summed E-state index contributed by atoms with van der Waals surface area (Å²) in [5.41, 5.74) is -0.290. The average molecular weight is 313 g/mol. The molecule has 126 valence electrons. The van der Waals surface area contributed by atoms with Crippen LogP contribution in [0, 0.1) is 0 Å². The van der Waals surface area contributed by atoms with Crippen LogP contribution in [0.4, 0.5) is 0 Å². The van der Waals surface area contributed by atoms with Gasteiger partial charge in [-0.1, -0.05) is 6.92 Å². The average Bonchev–Trinajstić information content (AvgIpc) is 2.44. The van der Waals surface area contributed by atoms with Crippen LogP contribution in [0.1, 0.15) is 19.8 Å². The van der Waals surface area contributed by atoms with Crippen LogP contribution in [0.15, 0.2) is 0 Å². The van der Waals surface area contributed by atoms with Crippen LogP contribution in [-0.2, 0) is 19.1 Å². The summed E-state index contributed by atoms with van der Waals surface area (Å²) in [6.45, 7) is 5.31. The van der Waals surface area contributed by atoms with Crippen LogP contribution in [0.25, 0.3) is 0 Å². The molecule has 0 saturated carbocycles. The summed E-state index contributed by atoms with van der Waals surface area (Å²) in [5.74, 6) is 0.159. The van der Waals surface area contributed by atoms with Crippen molar-refractivity contribution in [3.05, 3.63) is 0 Å². The Morgan fingerprint density at radius 1 is 1.36 bits per heavy atom. The van der Waals surface area contributed by atoms with E-state index in [1.807, 2.05) is 23.8 Å². The van der Waals surface area contributed by atoms with Gasteiger partial charge >= 0.3 is 0 Å². The summed E-state index contributed by atoms with van der Waals surface area (Å²) in [5, 5.41) is 2.84. The summed E-state index contributed by atoms with van der Waals surface area (Å²) < 4.78 is 10.9. The van der Waals surface area contributed by atoms with Crippen LogP contribution >= 0.6 is 0 Å². The maximum atomic E-state index is 12.1. The van der Waals surface area contributed by atoms with E-state index < -0.39 is 0 Å². The Kier molecular flexibility index (Phi) is 5.77. The van der Waals surface area contributed by atoms with Crippen LogP contribution in [0.3, 0.4) is 0 Å². The van der Waals surface area contributed by atoms with Crippen molar-refractivity contribution in [2.45, 2.75) is 31.4 Å². The lowest BCUT2D eigenvalue weighted by molar-refractivity contribution is -0.201. The van der Waals surface area contributed by atoms with Crippen LogP contribution in [0.5, 0.6) is 0 Å². The molecule has 1 spiro atoms. The molecular weight excluding hydrogens is 286 g/mol. The van der Waals surface area contributed by atoms with Gasteiger partial charge in [0.25, 0.3) is 0 Å². The molecule has 1 atom stereocenters. The third-order valence-corrected chi connectivity index (χ3v) is 4.30. The van der Waals surface area contributed by atoms with Gasteiger partial charge in [-0.25, -0.2) is 0 Å². The number of nitrogens with one attached hydrogen (secondary N) is 1. The predicted molar refractivity (Wildman–Crippen MR) is 81.5 cm³/mol. The SMILES string of the molecule is CCCC(=O)N1CC2(C1)CN(C)[C@H](C(=O)NCCOC)CO2. The second kappa shape index (κ2) is 7.39. The molecule has 2 fully saturated rings. The highest BCUT2D eigenvalue weighted by atomic mass is 16.5. The Morgan fingerprint density at radius 2 is 2.09 bits per heavy atom. The minimum Gasteiger partial charge on any atom is -0.383 e. The van der Waals surface area contributed by atoms with E-state index in [9.17, 15) is 9.59 Å². The number of methoxy groups -OCH3 is 1. The molecule has 2 aliphatic rings. The zero-order chi connectivity index (χ0) is 16.2. The second-order valence-corrected chi connectivity index (χ2v) is 6.21. The number of rotatable bonds is 6. The topological polar surface area (TPSA) is 71.1 Å². The number of nitrogens with zero attached hydrogens (tertiary/aromatic N) is 2. The molecule has 2 heterocycles. The fourth-order valence-corrected chi connectivity index (χ4v) is 3.05. The van der Waals surface area contributed by atoms with Crippen molar-refractivity contribution in [3.8, 4) is 0 Å². The monoisotopic (exact) mass is 313 g/mol. The zero-order valence-electron chi connectivity index (χ0n) is 13.8. The van der Waals surface area contributed by atoms with Gasteiger partial charge in [0.1, 0.15) is 11.6 Å². The number of amides is 2. The number of likely N-dealkylation sites (tertiary alicyclic amines) is 1. The normalized spacial score (nSPS) is 24.1. The highest BCUT2D eigenvalue weighted by molar-refractivity contribution is 5.82. The lowest BCUT2D eigenvalue weighted by Gasteiger charge is -2.54. The molecule has 0 radical (unpaired) electrons. The lowest BCUT2D eigenvalue weighted by Crippen LogP contribution is -2.73. The number of hydrogen-bond donors (Lipinski definition) is 1. The maximum Gasteiger partial charge on any atom is 0.239 e. The Balaban J connectivity index is 1.79. The molecule has 2 saturated heterocycles. The van der Waals surface area contributed by atoms with Gasteiger partial charge in [0.2, 0.25) is 11.8 Å². The molecular formula is C15H27N3O4. The van der Waals surface area contributed by atoms with Crippen molar-refractivity contribution < 1.29 is 19.1 Å². The Hall–Kier alpha value is -1.18. The van der Waals surface area contributed by atoms with Gasteiger partial charge in [0.05, 0.1) is 26.3 Å². The van der Waals surface area contributed by atoms with E-state index >= 15 is 0 Å². The number of likely N-dealkylation sites (N-methyl/N-ethyl adjacent to an activating group) is 1. The van der Waals surface area contributed by atoms with Crippen LogP contribution < -0.4 is 5.32 Å². The molecule has 2 amide bonds. The summed E-state index contributed by atoms with van der Waals surface area (Å²) in [6, 6.07) is -0.275. The second-order valence-electron chi connectivity index (χ2n) is 6.21. The molecule has 22 heavy (non-hydrogen) atoms. The van der Waals surface area contributed by atoms with Crippen molar-refractivity contribution in [1.29, 1.82) is 0 Å². The van der Waals surface area contributed by atoms with E-state index in [0.29, 0.717) is 45.8 Å². The Morgan fingerprint density at radius 3 is 2.68 bits per heavy atom. The van der Waals surface area contributed by atoms with Crippen molar-refractivity contribution in [1.82, 2.24) is 15.1 Å². The summed E-state index contributed by atoms with van der Waals surface area (Å²) in [6.07, 6.45) is 1.46. The molecule has 0 aromatic rings. The molecule has 7 heteroatoms. The fraction of sp³-hybridized carbons (Fsp3) is 0.867. The number of hydrogen-bond acceptors (Lipinski definition) is 5. The van der Waals surface area contributed by atoms with Crippen molar-refractivity contribution in [3.63, 3.8) is 0 Å². The minimum absolute atomic E-state index is 0.0346. The van der Waals surface area contributed by atoms with Crippen LogP contribution in [0.2, 0.25) is 0 Å². The highest BCUT2D eigenvalue weighted by Crippen LogP contribution is 2.31. The summed E-state index contributed by atoms with van der Waals surface area (Å²) in [4.78, 5) is 27.8. The first-order valence-electron chi connectivity index (χ1n) is 7.90. The molecule has 7 nitrogen and oxygen atoms in total. The van der Waals surface area contributed by atoms with Gasteiger partial charge in [0, 0.05) is 26.6 Å². The Bertz CT molecular complexity index is 410. The largest absolute Gasteiger partial charge is 0.383 e. The summed E-state index contributed by atoms with van der Waals surface area (Å²) >= 11 is 0. The minimum atomic E-state index is -0.290. The van der Waals surface area contributed by atoms with E-state index in [2.05, 4.69) is 5.32 Å². The van der Waals surface area contributed by atoms with E-state index in [1.54, 1.807) is 7.11 Å². The maximum absolute atomic E-state index is 12.1. The molecule has 0 aliphatic carbocycles. The van der Waals surface area contributed by atoms with Crippen molar-refractivity contribution in [2.24, 2.45) is 0 Å². The molecule has 0 aromatic carbocycles. The first-order chi connectivity index (χ1) is 10.5. The van der Waals surface area contributed by atoms with Gasteiger partial charge in [-0.3, -0.25) is 14.5 Å². The number of carbonyl (C=O) groups excluding carboxylic acids is 2. The van der Waals surface area contributed by atoms with E-state index in [1.165, 1.54) is 0 Å². The third kappa shape index (κ3) is 3.77. The Labute approximate surface area is 131 Å². The first-order valence-corrected chi connectivity index (χ1v) is 7.90. The van der Waals surface area contributed by atoms with E-state index in [4.69, 9.17) is 9.47 Å². The predicted octanol–water partition coefficient (Wildman–Crippen LogP) is -0.539. The molecule has 2 aliphatic heterocycles. The van der Waals surface area contributed by atoms with E-state index in [0.717, 1.165) is 6.42 Å². The molecule has 0 aromatic heterocycles. The summed E-state index contributed by atoms with van der Waals surface area (Å²) in [7, 11) is 3.54. The smallest absolute Gasteiger partial charge is 0.239 e. The highest BCUT2D eigenvalue weighted by Gasteiger charge is 2.50. The quantitative estimate of drug-likeness (QED) is 0.667. The standard InChI is InChI=1S/C15H27N3O4/c1-4-5-13(19)18-10-15(11-18)9-17(2)12(8-22-15)14(20)16-6-7-21-3/h12H,4-11H2,1-3H3,(H,16,20)/t12-/m0/s1. The van der Waals surface area contributed by atoms with Crippen molar-refractivity contribution >= 4 is 11.8 Å². The molecule has 2 rings (SSSR count). The number of morpholine rings is 1. The van der Waals surface area contributed by atoms with Crippen LogP contribution in [-0.4, -0.2) is 86.8 Å².